The molecule has 0 spiro atoms. The fourth-order valence-corrected chi connectivity index (χ4v) is 2.82. The summed E-state index contributed by atoms with van der Waals surface area (Å²) in [5.74, 6) is -0.338. The van der Waals surface area contributed by atoms with Gasteiger partial charge in [-0.2, -0.15) is 5.10 Å². The summed E-state index contributed by atoms with van der Waals surface area (Å²) in [5, 5.41) is 18.6. The van der Waals surface area contributed by atoms with E-state index in [1.807, 2.05) is 13.8 Å². The first-order valence-electron chi connectivity index (χ1n) is 7.71. The first-order chi connectivity index (χ1) is 11.5. The van der Waals surface area contributed by atoms with E-state index in [2.05, 4.69) is 20.2 Å². The molecule has 3 heterocycles. The minimum atomic E-state index is -1.09. The summed E-state index contributed by atoms with van der Waals surface area (Å²) in [7, 11) is 0. The Kier molecular flexibility index (Phi) is 3.05. The van der Waals surface area contributed by atoms with E-state index in [1.54, 1.807) is 4.68 Å². The number of carboxylic acid groups (broad SMARTS) is 1. The Hall–Kier alpha value is -2.97. The van der Waals surface area contributed by atoms with Crippen LogP contribution in [0.15, 0.2) is 10.9 Å². The molecule has 1 aliphatic carbocycles. The lowest BCUT2D eigenvalue weighted by atomic mass is 10.1. The van der Waals surface area contributed by atoms with E-state index in [0.717, 1.165) is 12.8 Å². The van der Waals surface area contributed by atoms with Gasteiger partial charge in [-0.15, -0.1) is 0 Å². The third kappa shape index (κ3) is 2.04. The Balaban J connectivity index is 2.03. The van der Waals surface area contributed by atoms with Gasteiger partial charge < -0.3 is 15.4 Å². The fourth-order valence-electron chi connectivity index (χ4n) is 2.82. The van der Waals surface area contributed by atoms with Crippen LogP contribution in [-0.2, 0) is 0 Å². The second-order valence-electron chi connectivity index (χ2n) is 6.19. The average molecular weight is 328 g/mol. The number of anilines is 1. The van der Waals surface area contributed by atoms with E-state index >= 15 is 0 Å². The molecule has 4 rings (SSSR count). The molecular formula is C15H16N6O3. The maximum atomic E-state index is 11.8. The molecule has 24 heavy (non-hydrogen) atoms. The Bertz CT molecular complexity index is 954. The third-order valence-corrected chi connectivity index (χ3v) is 4.11. The number of rotatable bonds is 4. The van der Waals surface area contributed by atoms with E-state index < -0.39 is 5.97 Å². The summed E-state index contributed by atoms with van der Waals surface area (Å²) in [6.07, 6.45) is 3.17. The van der Waals surface area contributed by atoms with Crippen LogP contribution in [0.4, 0.5) is 5.82 Å². The van der Waals surface area contributed by atoms with Crippen LogP contribution in [0.2, 0.25) is 0 Å². The zero-order chi connectivity index (χ0) is 17.0. The van der Waals surface area contributed by atoms with E-state index in [-0.39, 0.29) is 29.0 Å². The van der Waals surface area contributed by atoms with E-state index in [9.17, 15) is 9.90 Å². The van der Waals surface area contributed by atoms with Gasteiger partial charge in [0.25, 0.3) is 0 Å². The monoisotopic (exact) mass is 328 g/mol. The molecule has 0 aromatic carbocycles. The van der Waals surface area contributed by atoms with Crippen LogP contribution in [-0.4, -0.2) is 36.0 Å². The topological polar surface area (TPSA) is 133 Å². The quantitative estimate of drug-likeness (QED) is 0.744. The number of nitrogen functional groups attached to an aromatic ring is 1. The van der Waals surface area contributed by atoms with Gasteiger partial charge in [-0.25, -0.2) is 19.4 Å². The third-order valence-electron chi connectivity index (χ3n) is 4.11. The standard InChI is InChI=1S/C15H16N6O3/c1-6(2)21-14-9(13(16)17-5-18-14)10(19-21)11-8(15(22)23)12(24-20-11)7-3-4-7/h5-7H,3-4H2,1-2H3,(H,22,23)(H2,16,17,18). The van der Waals surface area contributed by atoms with Gasteiger partial charge in [-0.1, -0.05) is 5.16 Å². The van der Waals surface area contributed by atoms with Crippen molar-refractivity contribution in [1.82, 2.24) is 24.9 Å². The summed E-state index contributed by atoms with van der Waals surface area (Å²) < 4.78 is 7.01. The summed E-state index contributed by atoms with van der Waals surface area (Å²) in [6, 6.07) is 0.0126. The molecule has 3 aromatic rings. The molecule has 0 atom stereocenters. The second kappa shape index (κ2) is 5.02. The van der Waals surface area contributed by atoms with Gasteiger partial charge in [0.05, 0.1) is 5.39 Å². The van der Waals surface area contributed by atoms with Crippen molar-refractivity contribution in [3.05, 3.63) is 17.7 Å². The van der Waals surface area contributed by atoms with Crippen molar-refractivity contribution in [3.63, 3.8) is 0 Å². The number of hydrogen-bond donors (Lipinski definition) is 2. The van der Waals surface area contributed by atoms with E-state index in [4.69, 9.17) is 10.3 Å². The molecule has 9 heteroatoms. The predicted molar refractivity (Wildman–Crippen MR) is 84.6 cm³/mol. The van der Waals surface area contributed by atoms with Crippen LogP contribution in [0.1, 0.15) is 54.8 Å². The maximum Gasteiger partial charge on any atom is 0.341 e. The molecule has 0 unspecified atom stereocenters. The minimum Gasteiger partial charge on any atom is -0.477 e. The second-order valence-corrected chi connectivity index (χ2v) is 6.19. The van der Waals surface area contributed by atoms with Crippen molar-refractivity contribution >= 4 is 22.8 Å². The van der Waals surface area contributed by atoms with Crippen LogP contribution in [0.25, 0.3) is 22.4 Å². The molecule has 0 radical (unpaired) electrons. The van der Waals surface area contributed by atoms with Crippen LogP contribution in [0.3, 0.4) is 0 Å². The Morgan fingerprint density at radius 3 is 2.75 bits per heavy atom. The van der Waals surface area contributed by atoms with Crippen molar-refractivity contribution in [3.8, 4) is 11.4 Å². The van der Waals surface area contributed by atoms with Gasteiger partial charge in [0.15, 0.2) is 11.4 Å². The normalized spacial score (nSPS) is 14.6. The molecule has 0 amide bonds. The van der Waals surface area contributed by atoms with Crippen LogP contribution < -0.4 is 5.73 Å². The van der Waals surface area contributed by atoms with Crippen molar-refractivity contribution in [2.75, 3.05) is 5.73 Å². The van der Waals surface area contributed by atoms with Gasteiger partial charge in [0.1, 0.15) is 29.1 Å². The van der Waals surface area contributed by atoms with E-state index in [0.29, 0.717) is 22.5 Å². The number of aromatic carboxylic acids is 1. The van der Waals surface area contributed by atoms with Crippen LogP contribution >= 0.6 is 0 Å². The van der Waals surface area contributed by atoms with Gasteiger partial charge in [0, 0.05) is 12.0 Å². The maximum absolute atomic E-state index is 11.8. The van der Waals surface area contributed by atoms with Crippen molar-refractivity contribution in [1.29, 1.82) is 0 Å². The Labute approximate surface area is 136 Å². The number of aromatic nitrogens is 5. The number of nitrogens with two attached hydrogens (primary N) is 1. The number of nitrogens with zero attached hydrogens (tertiary/aromatic N) is 5. The number of fused-ring (bicyclic) bond motifs is 1. The highest BCUT2D eigenvalue weighted by Crippen LogP contribution is 2.44. The zero-order valence-corrected chi connectivity index (χ0v) is 13.2. The molecule has 0 aliphatic heterocycles. The molecule has 124 valence electrons. The lowest BCUT2D eigenvalue weighted by molar-refractivity contribution is 0.0695. The van der Waals surface area contributed by atoms with Gasteiger partial charge >= 0.3 is 5.97 Å². The predicted octanol–water partition coefficient (Wildman–Crippen LogP) is 2.22. The zero-order valence-electron chi connectivity index (χ0n) is 13.2. The van der Waals surface area contributed by atoms with Crippen LogP contribution in [0, 0.1) is 0 Å². The smallest absolute Gasteiger partial charge is 0.341 e. The molecule has 1 saturated carbocycles. The van der Waals surface area contributed by atoms with Gasteiger partial charge in [0.2, 0.25) is 0 Å². The lowest BCUT2D eigenvalue weighted by Crippen LogP contribution is -2.04. The highest BCUT2D eigenvalue weighted by Gasteiger charge is 2.37. The van der Waals surface area contributed by atoms with Crippen molar-refractivity contribution in [2.24, 2.45) is 0 Å². The Morgan fingerprint density at radius 1 is 1.38 bits per heavy atom. The highest BCUT2D eigenvalue weighted by molar-refractivity contribution is 6.03. The number of carbonyl (C=O) groups is 1. The molecule has 0 saturated heterocycles. The summed E-state index contributed by atoms with van der Waals surface area (Å²) in [4.78, 5) is 20.0. The van der Waals surface area contributed by atoms with Crippen molar-refractivity contribution in [2.45, 2.75) is 38.6 Å². The molecular weight excluding hydrogens is 312 g/mol. The van der Waals surface area contributed by atoms with Gasteiger partial charge in [-0.3, -0.25) is 0 Å². The Morgan fingerprint density at radius 2 is 2.12 bits per heavy atom. The summed E-state index contributed by atoms with van der Waals surface area (Å²) in [6.45, 7) is 3.90. The average Bonchev–Trinajstić information content (AvgIpc) is 3.14. The SMILES string of the molecule is CC(C)n1nc(-c2noc(C3CC3)c2C(=O)O)c2c(N)ncnc21. The molecule has 1 aliphatic rings. The first-order valence-corrected chi connectivity index (χ1v) is 7.71. The molecule has 0 bridgehead atoms. The molecule has 3 aromatic heterocycles. The fraction of sp³-hybridized carbons (Fsp3) is 0.400. The largest absolute Gasteiger partial charge is 0.477 e. The number of hydrogen-bond acceptors (Lipinski definition) is 7. The molecule has 9 nitrogen and oxygen atoms in total. The lowest BCUT2D eigenvalue weighted by Gasteiger charge is -2.05. The summed E-state index contributed by atoms with van der Waals surface area (Å²) in [5.41, 5.74) is 7.11. The number of carboxylic acids is 1. The molecule has 3 N–H and O–H groups in total. The first kappa shape index (κ1) is 14.6. The minimum absolute atomic E-state index is 0.0126. The highest BCUT2D eigenvalue weighted by atomic mass is 16.5. The summed E-state index contributed by atoms with van der Waals surface area (Å²) >= 11 is 0. The van der Waals surface area contributed by atoms with E-state index in [1.165, 1.54) is 6.33 Å². The van der Waals surface area contributed by atoms with Crippen molar-refractivity contribution < 1.29 is 14.4 Å². The van der Waals surface area contributed by atoms with Crippen LogP contribution in [0.5, 0.6) is 0 Å². The molecule has 1 fully saturated rings. The van der Waals surface area contributed by atoms with Gasteiger partial charge in [-0.05, 0) is 26.7 Å².